The second-order valence-electron chi connectivity index (χ2n) is 4.94. The van der Waals surface area contributed by atoms with Gasteiger partial charge in [-0.3, -0.25) is 19.1 Å². The third kappa shape index (κ3) is 5.17. The first-order chi connectivity index (χ1) is 10.3. The molecule has 0 saturated carbocycles. The van der Waals surface area contributed by atoms with Gasteiger partial charge in [0.1, 0.15) is 12.6 Å². The summed E-state index contributed by atoms with van der Waals surface area (Å²) in [5.74, 6) is -1.76. The zero-order valence-electron chi connectivity index (χ0n) is 12.3. The number of nitrogens with one attached hydrogen (secondary N) is 2. The van der Waals surface area contributed by atoms with Gasteiger partial charge in [0.05, 0.1) is 0 Å². The third-order valence-electron chi connectivity index (χ3n) is 3.08. The van der Waals surface area contributed by atoms with Crippen molar-refractivity contribution in [2.45, 2.75) is 38.8 Å². The zero-order valence-corrected chi connectivity index (χ0v) is 12.3. The Bertz CT molecular complexity index is 649. The molecule has 0 spiro atoms. The van der Waals surface area contributed by atoms with E-state index in [2.05, 4.69) is 10.3 Å². The van der Waals surface area contributed by atoms with Crippen molar-refractivity contribution in [3.8, 4) is 0 Å². The number of hydrogen-bond acceptors (Lipinski definition) is 5. The van der Waals surface area contributed by atoms with Crippen molar-refractivity contribution in [1.82, 2.24) is 14.9 Å². The molecule has 1 heterocycles. The lowest BCUT2D eigenvalue weighted by molar-refractivity contribution is -0.142. The minimum Gasteiger partial charge on any atom is -0.480 e. The molecule has 0 aliphatic heterocycles. The van der Waals surface area contributed by atoms with Gasteiger partial charge in [-0.15, -0.1) is 0 Å². The molecule has 1 aromatic heterocycles. The van der Waals surface area contributed by atoms with E-state index < -0.39 is 29.2 Å². The first-order valence-electron chi connectivity index (χ1n) is 6.87. The molecular formula is C13H20N4O5. The summed E-state index contributed by atoms with van der Waals surface area (Å²) >= 11 is 0. The molecular weight excluding hydrogens is 292 g/mol. The maximum absolute atomic E-state index is 11.9. The number of carbonyl (C=O) groups is 2. The Morgan fingerprint density at radius 2 is 2.09 bits per heavy atom. The Hall–Kier alpha value is -2.42. The number of aromatic nitrogens is 2. The predicted molar refractivity (Wildman–Crippen MR) is 78.5 cm³/mol. The lowest BCUT2D eigenvalue weighted by Gasteiger charge is -2.14. The van der Waals surface area contributed by atoms with Crippen LogP contribution in [0.25, 0.3) is 0 Å². The van der Waals surface area contributed by atoms with Gasteiger partial charge >= 0.3 is 11.7 Å². The van der Waals surface area contributed by atoms with E-state index >= 15 is 0 Å². The van der Waals surface area contributed by atoms with E-state index in [1.165, 1.54) is 13.1 Å². The Morgan fingerprint density at radius 1 is 1.41 bits per heavy atom. The minimum atomic E-state index is -1.14. The van der Waals surface area contributed by atoms with Crippen molar-refractivity contribution >= 4 is 11.9 Å². The average Bonchev–Trinajstić information content (AvgIpc) is 2.43. The van der Waals surface area contributed by atoms with E-state index in [1.807, 2.05) is 0 Å². The second-order valence-corrected chi connectivity index (χ2v) is 4.94. The number of aromatic amines is 1. The Morgan fingerprint density at radius 3 is 2.68 bits per heavy atom. The third-order valence-corrected chi connectivity index (χ3v) is 3.08. The average molecular weight is 312 g/mol. The summed E-state index contributed by atoms with van der Waals surface area (Å²) in [6, 6.07) is -1.03. The van der Waals surface area contributed by atoms with Crippen LogP contribution in [0.4, 0.5) is 0 Å². The summed E-state index contributed by atoms with van der Waals surface area (Å²) in [7, 11) is 0. The van der Waals surface area contributed by atoms with E-state index in [4.69, 9.17) is 10.8 Å². The first kappa shape index (κ1) is 17.6. The summed E-state index contributed by atoms with van der Waals surface area (Å²) in [4.78, 5) is 47.8. The lowest BCUT2D eigenvalue weighted by Crippen LogP contribution is -2.44. The highest BCUT2D eigenvalue weighted by Crippen LogP contribution is 2.01. The summed E-state index contributed by atoms with van der Waals surface area (Å²) in [5, 5.41) is 11.4. The van der Waals surface area contributed by atoms with E-state index in [1.54, 1.807) is 0 Å². The number of nitrogens with zero attached hydrogens (tertiary/aromatic N) is 1. The van der Waals surface area contributed by atoms with Gasteiger partial charge < -0.3 is 16.2 Å². The Balaban J connectivity index is 2.71. The molecule has 9 heteroatoms. The molecule has 122 valence electrons. The molecule has 0 aromatic carbocycles. The van der Waals surface area contributed by atoms with Gasteiger partial charge in [0.25, 0.3) is 5.56 Å². The van der Waals surface area contributed by atoms with Crippen molar-refractivity contribution in [3.63, 3.8) is 0 Å². The van der Waals surface area contributed by atoms with E-state index in [-0.39, 0.29) is 18.5 Å². The molecule has 9 nitrogen and oxygen atoms in total. The predicted octanol–water partition coefficient (Wildman–Crippen LogP) is -1.46. The highest BCUT2D eigenvalue weighted by atomic mass is 16.4. The second kappa shape index (κ2) is 8.13. The molecule has 0 radical (unpaired) electrons. The van der Waals surface area contributed by atoms with Crippen molar-refractivity contribution < 1.29 is 14.7 Å². The zero-order chi connectivity index (χ0) is 16.7. The number of carboxylic acids is 1. The quantitative estimate of drug-likeness (QED) is 0.431. The highest BCUT2D eigenvalue weighted by Gasteiger charge is 2.19. The van der Waals surface area contributed by atoms with Crippen LogP contribution in [0.2, 0.25) is 0 Å². The van der Waals surface area contributed by atoms with Crippen LogP contribution in [-0.4, -0.2) is 39.1 Å². The van der Waals surface area contributed by atoms with Crippen LogP contribution in [0.15, 0.2) is 15.8 Å². The number of hydrogen-bond donors (Lipinski definition) is 4. The molecule has 1 atom stereocenters. The molecule has 0 saturated heterocycles. The van der Waals surface area contributed by atoms with Gasteiger partial charge in [-0.05, 0) is 32.7 Å². The standard InChI is InChI=1S/C13H20N4O5/c1-8-6-17(13(22)16-11(8)19)7-10(18)15-9(12(20)21)4-2-3-5-14/h6,9H,2-5,7,14H2,1H3,(H,15,18)(H,20,21)(H,16,19,22)/t9-/m0/s1. The fourth-order valence-corrected chi connectivity index (χ4v) is 1.88. The van der Waals surface area contributed by atoms with Crippen molar-refractivity contribution in [3.05, 3.63) is 32.6 Å². The van der Waals surface area contributed by atoms with Gasteiger partial charge in [-0.1, -0.05) is 0 Å². The lowest BCUT2D eigenvalue weighted by atomic mass is 10.1. The maximum Gasteiger partial charge on any atom is 0.328 e. The molecule has 5 N–H and O–H groups in total. The number of nitrogens with two attached hydrogens (primary N) is 1. The highest BCUT2D eigenvalue weighted by molar-refractivity contribution is 5.83. The minimum absolute atomic E-state index is 0.262. The van der Waals surface area contributed by atoms with Crippen molar-refractivity contribution in [1.29, 1.82) is 0 Å². The van der Waals surface area contributed by atoms with Crippen molar-refractivity contribution in [2.75, 3.05) is 6.54 Å². The number of amides is 1. The van der Waals surface area contributed by atoms with Crippen LogP contribution in [-0.2, 0) is 16.1 Å². The summed E-state index contributed by atoms with van der Waals surface area (Å²) in [5.41, 5.74) is 4.38. The molecule has 0 aliphatic carbocycles. The molecule has 1 amide bonds. The fourth-order valence-electron chi connectivity index (χ4n) is 1.88. The fraction of sp³-hybridized carbons (Fsp3) is 0.538. The molecule has 22 heavy (non-hydrogen) atoms. The maximum atomic E-state index is 11.9. The van der Waals surface area contributed by atoms with Crippen LogP contribution in [0.5, 0.6) is 0 Å². The van der Waals surface area contributed by atoms with Crippen LogP contribution in [0, 0.1) is 6.92 Å². The van der Waals surface area contributed by atoms with Gasteiger partial charge in [0.2, 0.25) is 5.91 Å². The SMILES string of the molecule is Cc1cn(CC(=O)N[C@@H](CCCCN)C(=O)O)c(=O)[nH]c1=O. The molecule has 0 unspecified atom stereocenters. The molecule has 0 aliphatic rings. The number of aryl methyl sites for hydroxylation is 1. The monoisotopic (exact) mass is 312 g/mol. The molecule has 0 fully saturated rings. The Labute approximate surface area is 126 Å². The van der Waals surface area contributed by atoms with Crippen molar-refractivity contribution in [2.24, 2.45) is 5.73 Å². The molecule has 0 bridgehead atoms. The topological polar surface area (TPSA) is 147 Å². The smallest absolute Gasteiger partial charge is 0.328 e. The number of carboxylic acid groups (broad SMARTS) is 1. The molecule has 1 aromatic rings. The normalized spacial score (nSPS) is 11.9. The van der Waals surface area contributed by atoms with E-state index in [0.29, 0.717) is 19.4 Å². The van der Waals surface area contributed by atoms with Crippen LogP contribution in [0.1, 0.15) is 24.8 Å². The first-order valence-corrected chi connectivity index (χ1v) is 6.87. The van der Waals surface area contributed by atoms with Crippen LogP contribution < -0.4 is 22.3 Å². The largest absolute Gasteiger partial charge is 0.480 e. The van der Waals surface area contributed by atoms with E-state index in [9.17, 15) is 19.2 Å². The Kier molecular flexibility index (Phi) is 6.51. The van der Waals surface area contributed by atoms with Crippen LogP contribution >= 0.6 is 0 Å². The summed E-state index contributed by atoms with van der Waals surface area (Å²) in [6.45, 7) is 1.59. The van der Waals surface area contributed by atoms with Crippen LogP contribution in [0.3, 0.4) is 0 Å². The van der Waals surface area contributed by atoms with Gasteiger partial charge in [0.15, 0.2) is 0 Å². The number of H-pyrrole nitrogens is 1. The van der Waals surface area contributed by atoms with Gasteiger partial charge in [0, 0.05) is 11.8 Å². The van der Waals surface area contributed by atoms with Gasteiger partial charge in [-0.25, -0.2) is 9.59 Å². The number of unbranched alkanes of at least 4 members (excludes halogenated alkanes) is 1. The van der Waals surface area contributed by atoms with E-state index in [0.717, 1.165) is 4.57 Å². The number of carbonyl (C=O) groups excluding carboxylic acids is 1. The van der Waals surface area contributed by atoms with Gasteiger partial charge in [-0.2, -0.15) is 0 Å². The summed E-state index contributed by atoms with van der Waals surface area (Å²) in [6.07, 6.45) is 2.76. The number of aliphatic carboxylic acids is 1. The molecule has 1 rings (SSSR count). The summed E-state index contributed by atoms with van der Waals surface area (Å²) < 4.78 is 1.02. The number of rotatable bonds is 8.